The minimum atomic E-state index is -2.88. The van der Waals surface area contributed by atoms with Gasteiger partial charge in [-0.3, -0.25) is 4.79 Å². The molecule has 1 heterocycles. The lowest BCUT2D eigenvalue weighted by molar-refractivity contribution is -0.145. The predicted molar refractivity (Wildman–Crippen MR) is 82.8 cm³/mol. The molecule has 122 valence electrons. The van der Waals surface area contributed by atoms with Crippen molar-refractivity contribution in [1.29, 1.82) is 0 Å². The molecule has 0 aromatic carbocycles. The van der Waals surface area contributed by atoms with Crippen LogP contribution < -0.4 is 0 Å². The van der Waals surface area contributed by atoms with E-state index in [1.165, 1.54) is 12.0 Å². The lowest BCUT2D eigenvalue weighted by Crippen LogP contribution is -2.48. The summed E-state index contributed by atoms with van der Waals surface area (Å²) in [6.45, 7) is 5.14. The minimum Gasteiger partial charge on any atom is -0.465 e. The summed E-state index contributed by atoms with van der Waals surface area (Å²) in [5.41, 5.74) is 1.87. The van der Waals surface area contributed by atoms with E-state index in [2.05, 4.69) is 19.9 Å². The summed E-state index contributed by atoms with van der Waals surface area (Å²) in [6, 6.07) is 0. The minimum absolute atomic E-state index is 0.0396. The van der Waals surface area contributed by atoms with Gasteiger partial charge < -0.3 is 4.74 Å². The van der Waals surface area contributed by atoms with Crippen molar-refractivity contribution in [2.75, 3.05) is 18.1 Å². The van der Waals surface area contributed by atoms with Gasteiger partial charge in [-0.25, -0.2) is 8.42 Å². The summed E-state index contributed by atoms with van der Waals surface area (Å²) in [5.74, 6) is 1.61. The zero-order chi connectivity index (χ0) is 15.7. The van der Waals surface area contributed by atoms with Gasteiger partial charge in [-0.05, 0) is 41.9 Å². The standard InChI is InChI=1S/C17H24O4S/c1-17(2)11-4-3-10(14(17)7-11)5-6-21-16(18)15-12-8-22(19,20)9-13(12)15/h3,11-15H,4-9H2,1-2H3/t11-,12?,13?,14-,15?/m0/s1. The first kappa shape index (κ1) is 14.7. The fourth-order valence-corrected chi connectivity index (χ4v) is 7.24. The second-order valence-corrected chi connectivity index (χ2v) is 10.3. The second-order valence-electron chi connectivity index (χ2n) is 8.17. The Hall–Kier alpha value is -0.840. The van der Waals surface area contributed by atoms with E-state index in [1.807, 2.05) is 0 Å². The third-order valence-electron chi connectivity index (χ3n) is 6.71. The molecular weight excluding hydrogens is 300 g/mol. The highest BCUT2D eigenvalue weighted by Gasteiger charge is 2.62. The largest absolute Gasteiger partial charge is 0.465 e. The fraction of sp³-hybridized carbons (Fsp3) is 0.824. The van der Waals surface area contributed by atoms with E-state index in [0.29, 0.717) is 17.9 Å². The lowest BCUT2D eigenvalue weighted by Gasteiger charge is -2.56. The van der Waals surface area contributed by atoms with Crippen molar-refractivity contribution in [3.63, 3.8) is 0 Å². The first-order valence-corrected chi connectivity index (χ1v) is 10.2. The number of carbonyl (C=O) groups is 1. The number of sulfone groups is 1. The molecule has 0 radical (unpaired) electrons. The first-order valence-electron chi connectivity index (χ1n) is 8.35. The fourth-order valence-electron chi connectivity index (χ4n) is 5.03. The maximum Gasteiger partial charge on any atom is 0.309 e. The van der Waals surface area contributed by atoms with Gasteiger partial charge in [0, 0.05) is 6.42 Å². The Morgan fingerprint density at radius 3 is 2.59 bits per heavy atom. The molecule has 5 rings (SSSR count). The third-order valence-corrected chi connectivity index (χ3v) is 8.50. The molecule has 1 saturated heterocycles. The Morgan fingerprint density at radius 1 is 1.32 bits per heavy atom. The van der Waals surface area contributed by atoms with Crippen LogP contribution in [0.15, 0.2) is 11.6 Å². The number of hydrogen-bond acceptors (Lipinski definition) is 4. The number of carbonyl (C=O) groups excluding carboxylic acids is 1. The molecule has 0 amide bonds. The third kappa shape index (κ3) is 2.15. The van der Waals surface area contributed by atoms with Gasteiger partial charge in [-0.2, -0.15) is 0 Å². The number of rotatable bonds is 4. The van der Waals surface area contributed by atoms with Crippen LogP contribution in [0.5, 0.6) is 0 Å². The molecular formula is C17H24O4S. The maximum atomic E-state index is 12.1. The summed E-state index contributed by atoms with van der Waals surface area (Å²) >= 11 is 0. The number of ether oxygens (including phenoxy) is 1. The number of fused-ring (bicyclic) bond motifs is 2. The quantitative estimate of drug-likeness (QED) is 0.587. The van der Waals surface area contributed by atoms with Gasteiger partial charge in [0.05, 0.1) is 24.0 Å². The molecule has 2 saturated carbocycles. The highest BCUT2D eigenvalue weighted by Crippen LogP contribution is 2.59. The molecule has 5 aliphatic rings. The van der Waals surface area contributed by atoms with E-state index in [0.717, 1.165) is 18.8 Å². The molecule has 0 aromatic heterocycles. The van der Waals surface area contributed by atoms with Crippen LogP contribution in [0.3, 0.4) is 0 Å². The Balaban J connectivity index is 1.25. The van der Waals surface area contributed by atoms with Crippen LogP contribution >= 0.6 is 0 Å². The average Bonchev–Trinajstić information content (AvgIpc) is 2.97. The maximum absolute atomic E-state index is 12.1. The predicted octanol–water partition coefficient (Wildman–Crippen LogP) is 2.20. The van der Waals surface area contributed by atoms with Gasteiger partial charge in [0.1, 0.15) is 0 Å². The Kier molecular flexibility index (Phi) is 3.07. The second kappa shape index (κ2) is 4.59. The molecule has 4 atom stereocenters. The topological polar surface area (TPSA) is 60.4 Å². The van der Waals surface area contributed by atoms with E-state index in [4.69, 9.17) is 4.74 Å². The zero-order valence-corrected chi connectivity index (χ0v) is 14.1. The molecule has 1 aliphatic heterocycles. The van der Waals surface area contributed by atoms with Crippen molar-refractivity contribution < 1.29 is 17.9 Å². The van der Waals surface area contributed by atoms with Gasteiger partial charge in [-0.1, -0.05) is 25.5 Å². The molecule has 2 bridgehead atoms. The Bertz CT molecular complexity index is 628. The number of hydrogen-bond donors (Lipinski definition) is 0. The van der Waals surface area contributed by atoms with Gasteiger partial charge in [0.2, 0.25) is 0 Å². The summed E-state index contributed by atoms with van der Waals surface area (Å²) < 4.78 is 28.2. The van der Waals surface area contributed by atoms with Crippen molar-refractivity contribution in [2.45, 2.75) is 33.1 Å². The van der Waals surface area contributed by atoms with Gasteiger partial charge in [0.25, 0.3) is 0 Å². The van der Waals surface area contributed by atoms with E-state index in [1.54, 1.807) is 0 Å². The first-order chi connectivity index (χ1) is 10.3. The van der Waals surface area contributed by atoms with Crippen LogP contribution in [-0.2, 0) is 19.4 Å². The van der Waals surface area contributed by atoms with Crippen molar-refractivity contribution in [3.05, 3.63) is 11.6 Å². The van der Waals surface area contributed by atoms with Crippen LogP contribution in [-0.4, -0.2) is 32.5 Å². The van der Waals surface area contributed by atoms with E-state index in [9.17, 15) is 13.2 Å². The van der Waals surface area contributed by atoms with E-state index in [-0.39, 0.29) is 35.2 Å². The average molecular weight is 324 g/mol. The van der Waals surface area contributed by atoms with Gasteiger partial charge in [0.15, 0.2) is 9.84 Å². The molecule has 0 spiro atoms. The Morgan fingerprint density at radius 2 is 2.00 bits per heavy atom. The summed E-state index contributed by atoms with van der Waals surface area (Å²) in [7, 11) is -2.88. The molecule has 0 aromatic rings. The number of esters is 1. The Labute approximate surface area is 132 Å². The zero-order valence-electron chi connectivity index (χ0n) is 13.2. The van der Waals surface area contributed by atoms with Crippen LogP contribution in [0.25, 0.3) is 0 Å². The van der Waals surface area contributed by atoms with Crippen LogP contribution in [0.1, 0.15) is 33.1 Å². The normalized spacial score (nSPS) is 42.8. The highest BCUT2D eigenvalue weighted by molar-refractivity contribution is 7.91. The van der Waals surface area contributed by atoms with E-state index >= 15 is 0 Å². The molecule has 3 fully saturated rings. The number of allylic oxidation sites excluding steroid dienone is 1. The van der Waals surface area contributed by atoms with Crippen molar-refractivity contribution >= 4 is 15.8 Å². The monoisotopic (exact) mass is 324 g/mol. The smallest absolute Gasteiger partial charge is 0.309 e. The van der Waals surface area contributed by atoms with Crippen LogP contribution in [0.4, 0.5) is 0 Å². The molecule has 4 nitrogen and oxygen atoms in total. The van der Waals surface area contributed by atoms with Gasteiger partial charge >= 0.3 is 5.97 Å². The molecule has 4 aliphatic carbocycles. The highest BCUT2D eigenvalue weighted by atomic mass is 32.2. The SMILES string of the molecule is CC1(C)[C@H]2CC=C(CCOC(=O)C3C4CS(=O)(=O)CC43)[C@@H]1C2. The molecule has 5 heteroatoms. The van der Waals surface area contributed by atoms with Crippen molar-refractivity contribution in [3.8, 4) is 0 Å². The molecule has 0 N–H and O–H groups in total. The van der Waals surface area contributed by atoms with Crippen LogP contribution in [0, 0.1) is 35.0 Å². The summed E-state index contributed by atoms with van der Waals surface area (Å²) in [4.78, 5) is 12.1. The van der Waals surface area contributed by atoms with Crippen molar-refractivity contribution in [1.82, 2.24) is 0 Å². The van der Waals surface area contributed by atoms with Crippen LogP contribution in [0.2, 0.25) is 0 Å². The summed E-state index contributed by atoms with van der Waals surface area (Å²) in [6.07, 6.45) is 5.64. The molecule has 2 unspecified atom stereocenters. The lowest BCUT2D eigenvalue weighted by atomic mass is 9.48. The summed E-state index contributed by atoms with van der Waals surface area (Å²) in [5, 5.41) is 0. The van der Waals surface area contributed by atoms with Crippen molar-refractivity contribution in [2.24, 2.45) is 35.0 Å². The molecule has 22 heavy (non-hydrogen) atoms. The van der Waals surface area contributed by atoms with E-state index < -0.39 is 9.84 Å². The van der Waals surface area contributed by atoms with Gasteiger partial charge in [-0.15, -0.1) is 0 Å².